The zero-order valence-electron chi connectivity index (χ0n) is 16.5. The molecule has 0 heterocycles. The quantitative estimate of drug-likeness (QED) is 0.572. The van der Waals surface area contributed by atoms with Gasteiger partial charge in [0.15, 0.2) is 0 Å². The molecule has 0 unspecified atom stereocenters. The molecule has 0 aliphatic carbocycles. The van der Waals surface area contributed by atoms with Crippen LogP contribution in [0.1, 0.15) is 5.56 Å². The molecule has 6 nitrogen and oxygen atoms in total. The number of carbonyl (C=O) groups is 2. The van der Waals surface area contributed by atoms with Gasteiger partial charge >= 0.3 is 6.03 Å². The van der Waals surface area contributed by atoms with Crippen LogP contribution in [0.3, 0.4) is 0 Å². The van der Waals surface area contributed by atoms with E-state index in [2.05, 4.69) is 16.0 Å². The van der Waals surface area contributed by atoms with Gasteiger partial charge in [0.2, 0.25) is 5.91 Å². The second-order valence-corrected chi connectivity index (χ2v) is 6.71. The van der Waals surface area contributed by atoms with Crippen molar-refractivity contribution in [1.82, 2.24) is 0 Å². The first-order valence-electron chi connectivity index (χ1n) is 9.31. The number of para-hydroxylation sites is 2. The van der Waals surface area contributed by atoms with Crippen LogP contribution in [0.4, 0.5) is 27.5 Å². The van der Waals surface area contributed by atoms with E-state index in [1.54, 1.807) is 12.1 Å². The predicted molar refractivity (Wildman–Crippen MR) is 119 cm³/mol. The fourth-order valence-corrected chi connectivity index (χ4v) is 2.83. The van der Waals surface area contributed by atoms with Crippen LogP contribution in [-0.2, 0) is 4.79 Å². The number of amides is 3. The van der Waals surface area contributed by atoms with Crippen LogP contribution in [0, 0.1) is 6.92 Å². The molecule has 3 rings (SSSR count). The molecule has 0 aliphatic rings. The Morgan fingerprint density at radius 1 is 0.793 bits per heavy atom. The summed E-state index contributed by atoms with van der Waals surface area (Å²) >= 11 is 0. The normalized spacial score (nSPS) is 10.1. The molecule has 0 radical (unpaired) electrons. The topological polar surface area (TPSA) is 73.5 Å². The molecule has 3 N–H and O–H groups in total. The highest BCUT2D eigenvalue weighted by Crippen LogP contribution is 2.21. The molecule has 0 aliphatic heterocycles. The molecular formula is C23H24N4O2. The van der Waals surface area contributed by atoms with Crippen LogP contribution < -0.4 is 20.9 Å². The van der Waals surface area contributed by atoms with Gasteiger partial charge in [0.1, 0.15) is 0 Å². The lowest BCUT2D eigenvalue weighted by molar-refractivity contribution is -0.114. The molecular weight excluding hydrogens is 364 g/mol. The summed E-state index contributed by atoms with van der Waals surface area (Å²) in [7, 11) is 1.87. The van der Waals surface area contributed by atoms with Gasteiger partial charge in [-0.1, -0.05) is 42.5 Å². The zero-order chi connectivity index (χ0) is 20.6. The highest BCUT2D eigenvalue weighted by molar-refractivity contribution is 6.01. The number of hydrogen-bond donors (Lipinski definition) is 3. The van der Waals surface area contributed by atoms with E-state index in [-0.39, 0.29) is 18.5 Å². The summed E-state index contributed by atoms with van der Waals surface area (Å²) in [6.45, 7) is 2.12. The van der Waals surface area contributed by atoms with Crippen LogP contribution in [0.15, 0.2) is 78.9 Å². The lowest BCUT2D eigenvalue weighted by Crippen LogP contribution is -2.30. The predicted octanol–water partition coefficient (Wildman–Crippen LogP) is 4.71. The summed E-state index contributed by atoms with van der Waals surface area (Å²) in [5.41, 5.74) is 3.83. The fraction of sp³-hybridized carbons (Fsp3) is 0.130. The first-order chi connectivity index (χ1) is 14.0. The van der Waals surface area contributed by atoms with Crippen LogP contribution >= 0.6 is 0 Å². The number of benzene rings is 3. The molecule has 0 aromatic heterocycles. The fourth-order valence-electron chi connectivity index (χ4n) is 2.83. The molecule has 3 amide bonds. The molecule has 3 aromatic carbocycles. The Labute approximate surface area is 170 Å². The Balaban J connectivity index is 1.61. The third-order valence-electron chi connectivity index (χ3n) is 4.38. The molecule has 148 valence electrons. The van der Waals surface area contributed by atoms with Crippen molar-refractivity contribution in [2.75, 3.05) is 34.4 Å². The molecule has 0 saturated carbocycles. The molecule has 0 bridgehead atoms. The second kappa shape index (κ2) is 9.41. The summed E-state index contributed by atoms with van der Waals surface area (Å²) in [5, 5.41) is 8.47. The Kier molecular flexibility index (Phi) is 6.47. The Hall–Kier alpha value is -3.80. The number of nitrogens with zero attached hydrogens (tertiary/aromatic N) is 1. The summed E-state index contributed by atoms with van der Waals surface area (Å²) in [4.78, 5) is 26.5. The average molecular weight is 388 g/mol. The van der Waals surface area contributed by atoms with Crippen molar-refractivity contribution in [2.24, 2.45) is 0 Å². The molecule has 0 atom stereocenters. The second-order valence-electron chi connectivity index (χ2n) is 6.71. The van der Waals surface area contributed by atoms with Crippen molar-refractivity contribution in [3.63, 3.8) is 0 Å². The van der Waals surface area contributed by atoms with Crippen molar-refractivity contribution in [2.45, 2.75) is 6.92 Å². The summed E-state index contributed by atoms with van der Waals surface area (Å²) in [6.07, 6.45) is 0. The van der Waals surface area contributed by atoms with Crippen molar-refractivity contribution < 1.29 is 9.59 Å². The number of likely N-dealkylation sites (N-methyl/N-ethyl adjacent to an activating group) is 1. The molecule has 0 spiro atoms. The monoisotopic (exact) mass is 388 g/mol. The zero-order valence-corrected chi connectivity index (χ0v) is 16.5. The third-order valence-corrected chi connectivity index (χ3v) is 4.38. The van der Waals surface area contributed by atoms with Crippen LogP contribution in [0.2, 0.25) is 0 Å². The minimum Gasteiger partial charge on any atom is -0.365 e. The number of anilines is 4. The van der Waals surface area contributed by atoms with Gasteiger partial charge in [-0.05, 0) is 48.9 Å². The lowest BCUT2D eigenvalue weighted by Gasteiger charge is -2.19. The highest BCUT2D eigenvalue weighted by atomic mass is 16.2. The van der Waals surface area contributed by atoms with Gasteiger partial charge in [-0.2, -0.15) is 0 Å². The van der Waals surface area contributed by atoms with E-state index < -0.39 is 0 Å². The first-order valence-corrected chi connectivity index (χ1v) is 9.31. The lowest BCUT2D eigenvalue weighted by atomic mass is 10.1. The standard InChI is InChI=1S/C23H24N4O2/c1-17-13-14-19(25-23(29)24-18-9-5-3-6-10-18)15-21(17)26-22(28)16-27(2)20-11-7-4-8-12-20/h3-15H,16H2,1-2H3,(H,26,28)(H2,24,25,29). The largest absolute Gasteiger partial charge is 0.365 e. The maximum Gasteiger partial charge on any atom is 0.323 e. The number of aryl methyl sites for hydroxylation is 1. The minimum atomic E-state index is -0.346. The summed E-state index contributed by atoms with van der Waals surface area (Å²) in [6, 6.07) is 24.0. The summed E-state index contributed by atoms with van der Waals surface area (Å²) < 4.78 is 0. The average Bonchev–Trinajstić information content (AvgIpc) is 2.71. The van der Waals surface area contributed by atoms with Gasteiger partial charge in [0.25, 0.3) is 0 Å². The van der Waals surface area contributed by atoms with E-state index in [4.69, 9.17) is 0 Å². The SMILES string of the molecule is Cc1ccc(NC(=O)Nc2ccccc2)cc1NC(=O)CN(C)c1ccccc1. The van der Waals surface area contributed by atoms with Crippen LogP contribution in [0.5, 0.6) is 0 Å². The molecule has 6 heteroatoms. The van der Waals surface area contributed by atoms with Gasteiger partial charge in [-0.15, -0.1) is 0 Å². The van der Waals surface area contributed by atoms with Gasteiger partial charge in [0, 0.05) is 29.8 Å². The minimum absolute atomic E-state index is 0.134. The highest BCUT2D eigenvalue weighted by Gasteiger charge is 2.10. The van der Waals surface area contributed by atoms with E-state index in [9.17, 15) is 9.59 Å². The van der Waals surface area contributed by atoms with Crippen molar-refractivity contribution in [3.05, 3.63) is 84.4 Å². The van der Waals surface area contributed by atoms with Gasteiger partial charge in [-0.3, -0.25) is 4.79 Å². The number of nitrogens with one attached hydrogen (secondary N) is 3. The molecule has 0 saturated heterocycles. The van der Waals surface area contributed by atoms with Crippen molar-refractivity contribution in [3.8, 4) is 0 Å². The van der Waals surface area contributed by atoms with E-state index in [0.717, 1.165) is 11.3 Å². The number of urea groups is 1. The van der Waals surface area contributed by atoms with Crippen molar-refractivity contribution in [1.29, 1.82) is 0 Å². The Bertz CT molecular complexity index is 975. The van der Waals surface area contributed by atoms with Crippen molar-refractivity contribution >= 4 is 34.7 Å². The van der Waals surface area contributed by atoms with E-state index >= 15 is 0 Å². The van der Waals surface area contributed by atoms with Gasteiger partial charge < -0.3 is 20.9 Å². The number of hydrogen-bond acceptors (Lipinski definition) is 3. The van der Waals surface area contributed by atoms with E-state index in [1.165, 1.54) is 0 Å². The Morgan fingerprint density at radius 2 is 1.41 bits per heavy atom. The van der Waals surface area contributed by atoms with Crippen LogP contribution in [0.25, 0.3) is 0 Å². The maximum atomic E-state index is 12.5. The van der Waals surface area contributed by atoms with Gasteiger partial charge in [-0.25, -0.2) is 4.79 Å². The van der Waals surface area contributed by atoms with Crippen LogP contribution in [-0.4, -0.2) is 25.5 Å². The maximum absolute atomic E-state index is 12.5. The molecule has 3 aromatic rings. The smallest absolute Gasteiger partial charge is 0.323 e. The van der Waals surface area contributed by atoms with E-state index in [0.29, 0.717) is 17.1 Å². The number of rotatable bonds is 6. The van der Waals surface area contributed by atoms with Gasteiger partial charge in [0.05, 0.1) is 6.54 Å². The number of carbonyl (C=O) groups excluding carboxylic acids is 2. The molecule has 29 heavy (non-hydrogen) atoms. The Morgan fingerprint density at radius 3 is 2.10 bits per heavy atom. The third kappa shape index (κ3) is 5.84. The summed E-state index contributed by atoms with van der Waals surface area (Å²) in [5.74, 6) is -0.134. The van der Waals surface area contributed by atoms with E-state index in [1.807, 2.05) is 85.6 Å². The first kappa shape index (κ1) is 19.9. The molecule has 0 fully saturated rings.